The molecule has 0 aliphatic heterocycles. The Labute approximate surface area is 139 Å². The highest BCUT2D eigenvalue weighted by atomic mass is 32.1. The highest BCUT2D eigenvalue weighted by Gasteiger charge is 2.06. The van der Waals surface area contributed by atoms with Crippen LogP contribution in [0, 0.1) is 0 Å². The normalized spacial score (nSPS) is 11.0. The van der Waals surface area contributed by atoms with Gasteiger partial charge in [0.2, 0.25) is 5.91 Å². The average Bonchev–Trinajstić information content (AvgIpc) is 3.25. The summed E-state index contributed by atoms with van der Waals surface area (Å²) in [6.07, 6.45) is 7.02. The molecule has 3 aromatic rings. The van der Waals surface area contributed by atoms with Gasteiger partial charge in [-0.1, -0.05) is 18.2 Å². The lowest BCUT2D eigenvalue weighted by atomic mass is 10.3. The molecule has 2 aromatic heterocycles. The number of nitrogens with zero attached hydrogens (tertiary/aromatic N) is 3. The lowest BCUT2D eigenvalue weighted by molar-refractivity contribution is -0.125. The van der Waals surface area contributed by atoms with Gasteiger partial charge in [0.1, 0.15) is 0 Å². The zero-order chi connectivity index (χ0) is 16.1. The smallest absolute Gasteiger partial charge is 0.246 e. The molecule has 0 fully saturated rings. The van der Waals surface area contributed by atoms with Crippen LogP contribution in [0.1, 0.15) is 11.1 Å². The third-order valence-electron chi connectivity index (χ3n) is 3.42. The fourth-order valence-corrected chi connectivity index (χ4v) is 2.83. The maximum atomic E-state index is 12.1. The summed E-state index contributed by atoms with van der Waals surface area (Å²) in [5.74, 6) is -0.0244. The molecule has 0 atom stereocenters. The Kier molecular flexibility index (Phi) is 4.68. The Morgan fingerprint density at radius 3 is 2.87 bits per heavy atom. The van der Waals surface area contributed by atoms with Crippen LogP contribution in [0.3, 0.4) is 0 Å². The van der Waals surface area contributed by atoms with Gasteiger partial charge >= 0.3 is 0 Å². The van der Waals surface area contributed by atoms with Crippen molar-refractivity contribution in [1.82, 2.24) is 14.7 Å². The van der Waals surface area contributed by atoms with E-state index in [0.717, 1.165) is 16.8 Å². The number of thiophene rings is 1. The second kappa shape index (κ2) is 7.07. The van der Waals surface area contributed by atoms with Crippen molar-refractivity contribution in [3.05, 3.63) is 76.8 Å². The van der Waals surface area contributed by atoms with Crippen LogP contribution in [0.15, 0.2) is 65.6 Å². The number of para-hydroxylation sites is 1. The predicted octanol–water partition coefficient (Wildman–Crippen LogP) is 3.61. The third kappa shape index (κ3) is 3.96. The molecule has 0 unspecified atom stereocenters. The van der Waals surface area contributed by atoms with Gasteiger partial charge in [0, 0.05) is 31.4 Å². The topological polar surface area (TPSA) is 38.1 Å². The van der Waals surface area contributed by atoms with E-state index in [1.54, 1.807) is 46.3 Å². The molecule has 0 saturated carbocycles. The van der Waals surface area contributed by atoms with Gasteiger partial charge in [-0.3, -0.25) is 4.79 Å². The Morgan fingerprint density at radius 1 is 1.30 bits per heavy atom. The summed E-state index contributed by atoms with van der Waals surface area (Å²) in [6.45, 7) is 0.621. The Hall–Kier alpha value is -2.66. The van der Waals surface area contributed by atoms with Crippen LogP contribution in [0.2, 0.25) is 0 Å². The first kappa shape index (κ1) is 15.2. The van der Waals surface area contributed by atoms with Gasteiger partial charge in [0.25, 0.3) is 0 Å². The van der Waals surface area contributed by atoms with E-state index in [9.17, 15) is 4.79 Å². The standard InChI is InChI=1S/C18H17N3OS/c1-20(12-16-9-10-23-14-16)18(22)8-7-15-11-19-21(13-15)17-5-3-2-4-6-17/h2-11,13-14H,12H2,1H3/b8-7+. The lowest BCUT2D eigenvalue weighted by Crippen LogP contribution is -2.23. The third-order valence-corrected chi connectivity index (χ3v) is 4.15. The van der Waals surface area contributed by atoms with E-state index >= 15 is 0 Å². The van der Waals surface area contributed by atoms with E-state index in [4.69, 9.17) is 0 Å². The molecule has 1 aromatic carbocycles. The van der Waals surface area contributed by atoms with Crippen molar-refractivity contribution in [1.29, 1.82) is 0 Å². The average molecular weight is 323 g/mol. The summed E-state index contributed by atoms with van der Waals surface area (Å²) in [5, 5.41) is 8.38. The zero-order valence-corrected chi connectivity index (χ0v) is 13.6. The monoisotopic (exact) mass is 323 g/mol. The fourth-order valence-electron chi connectivity index (χ4n) is 2.17. The fraction of sp³-hybridized carbons (Fsp3) is 0.111. The second-order valence-corrected chi connectivity index (χ2v) is 5.99. The van der Waals surface area contributed by atoms with E-state index in [1.165, 1.54) is 0 Å². The number of hydrogen-bond acceptors (Lipinski definition) is 3. The van der Waals surface area contributed by atoms with E-state index in [0.29, 0.717) is 6.54 Å². The molecule has 0 radical (unpaired) electrons. The molecule has 5 heteroatoms. The minimum Gasteiger partial charge on any atom is -0.338 e. The van der Waals surface area contributed by atoms with Crippen LogP contribution in [-0.4, -0.2) is 27.6 Å². The molecule has 3 rings (SSSR count). The molecule has 0 aliphatic carbocycles. The minimum absolute atomic E-state index is 0.0244. The molecule has 4 nitrogen and oxygen atoms in total. The Morgan fingerprint density at radius 2 is 2.13 bits per heavy atom. The lowest BCUT2D eigenvalue weighted by Gasteiger charge is -2.13. The minimum atomic E-state index is -0.0244. The van der Waals surface area contributed by atoms with Crippen molar-refractivity contribution in [2.45, 2.75) is 6.54 Å². The predicted molar refractivity (Wildman–Crippen MR) is 93.4 cm³/mol. The summed E-state index contributed by atoms with van der Waals surface area (Å²) in [6, 6.07) is 11.9. The summed E-state index contributed by atoms with van der Waals surface area (Å²) >= 11 is 1.64. The number of aromatic nitrogens is 2. The molecular formula is C18H17N3OS. The Bertz CT molecular complexity index is 791. The summed E-state index contributed by atoms with van der Waals surface area (Å²) in [5.41, 5.74) is 3.04. The number of carbonyl (C=O) groups excluding carboxylic acids is 1. The quantitative estimate of drug-likeness (QED) is 0.673. The van der Waals surface area contributed by atoms with Gasteiger partial charge in [0.15, 0.2) is 0 Å². The molecule has 0 bridgehead atoms. The van der Waals surface area contributed by atoms with Gasteiger partial charge in [0.05, 0.1) is 11.9 Å². The van der Waals surface area contributed by atoms with Crippen LogP contribution in [-0.2, 0) is 11.3 Å². The van der Waals surface area contributed by atoms with E-state index in [1.807, 2.05) is 48.0 Å². The largest absolute Gasteiger partial charge is 0.338 e. The van der Waals surface area contributed by atoms with Gasteiger partial charge in [-0.15, -0.1) is 0 Å². The zero-order valence-electron chi connectivity index (χ0n) is 12.8. The Balaban J connectivity index is 1.63. The number of hydrogen-bond donors (Lipinski definition) is 0. The van der Waals surface area contributed by atoms with Crippen LogP contribution in [0.4, 0.5) is 0 Å². The van der Waals surface area contributed by atoms with Crippen molar-refractivity contribution in [2.24, 2.45) is 0 Å². The van der Waals surface area contributed by atoms with E-state index in [2.05, 4.69) is 10.5 Å². The molecular weight excluding hydrogens is 306 g/mol. The number of likely N-dealkylation sites (N-methyl/N-ethyl adjacent to an activating group) is 1. The molecule has 2 heterocycles. The maximum absolute atomic E-state index is 12.1. The SMILES string of the molecule is CN(Cc1ccsc1)C(=O)/C=C/c1cnn(-c2ccccc2)c1. The van der Waals surface area contributed by atoms with Crippen LogP contribution >= 0.6 is 11.3 Å². The number of amides is 1. The van der Waals surface area contributed by atoms with Gasteiger partial charge < -0.3 is 4.90 Å². The van der Waals surface area contributed by atoms with Crippen molar-refractivity contribution >= 4 is 23.3 Å². The van der Waals surface area contributed by atoms with Crippen molar-refractivity contribution in [3.8, 4) is 5.69 Å². The first-order chi connectivity index (χ1) is 11.2. The van der Waals surface area contributed by atoms with Crippen molar-refractivity contribution in [3.63, 3.8) is 0 Å². The van der Waals surface area contributed by atoms with Crippen molar-refractivity contribution in [2.75, 3.05) is 7.05 Å². The van der Waals surface area contributed by atoms with E-state index in [-0.39, 0.29) is 5.91 Å². The number of carbonyl (C=O) groups is 1. The number of rotatable bonds is 5. The maximum Gasteiger partial charge on any atom is 0.246 e. The van der Waals surface area contributed by atoms with E-state index < -0.39 is 0 Å². The summed E-state index contributed by atoms with van der Waals surface area (Å²) in [7, 11) is 1.80. The first-order valence-corrected chi connectivity index (χ1v) is 8.21. The van der Waals surface area contributed by atoms with Crippen LogP contribution in [0.5, 0.6) is 0 Å². The molecule has 0 N–H and O–H groups in total. The van der Waals surface area contributed by atoms with Gasteiger partial charge in [-0.2, -0.15) is 16.4 Å². The van der Waals surface area contributed by atoms with Crippen molar-refractivity contribution < 1.29 is 4.79 Å². The molecule has 0 spiro atoms. The first-order valence-electron chi connectivity index (χ1n) is 7.27. The number of benzene rings is 1. The van der Waals surface area contributed by atoms with Crippen LogP contribution < -0.4 is 0 Å². The highest BCUT2D eigenvalue weighted by molar-refractivity contribution is 7.07. The second-order valence-electron chi connectivity index (χ2n) is 5.21. The summed E-state index contributed by atoms with van der Waals surface area (Å²) in [4.78, 5) is 13.8. The molecule has 0 aliphatic rings. The molecule has 116 valence electrons. The molecule has 1 amide bonds. The molecule has 23 heavy (non-hydrogen) atoms. The summed E-state index contributed by atoms with van der Waals surface area (Å²) < 4.78 is 1.79. The van der Waals surface area contributed by atoms with Crippen LogP contribution in [0.25, 0.3) is 11.8 Å². The molecule has 0 saturated heterocycles. The highest BCUT2D eigenvalue weighted by Crippen LogP contribution is 2.11. The van der Waals surface area contributed by atoms with Gasteiger partial charge in [-0.25, -0.2) is 4.68 Å². The van der Waals surface area contributed by atoms with Gasteiger partial charge in [-0.05, 0) is 40.6 Å².